The zero-order valence-electron chi connectivity index (χ0n) is 22.4. The van der Waals surface area contributed by atoms with E-state index in [4.69, 9.17) is 25.8 Å². The fraction of sp³-hybridized carbons (Fsp3) is 0.406. The third-order valence-corrected chi connectivity index (χ3v) is 6.97. The highest BCUT2D eigenvalue weighted by atomic mass is 35.5. The summed E-state index contributed by atoms with van der Waals surface area (Å²) in [5, 5.41) is 10.4. The third kappa shape index (κ3) is 6.74. The molecule has 2 atom stereocenters. The first-order chi connectivity index (χ1) is 18.7. The first kappa shape index (κ1) is 27.7. The number of hydrogen-bond acceptors (Lipinski definition) is 5. The number of nitrogens with zero attached hydrogens (tertiary/aromatic N) is 2. The molecule has 1 heterocycles. The zero-order chi connectivity index (χ0) is 26.7. The van der Waals surface area contributed by atoms with E-state index >= 15 is 0 Å². The first-order valence-electron chi connectivity index (χ1n) is 13.6. The van der Waals surface area contributed by atoms with Gasteiger partial charge in [0.1, 0.15) is 23.9 Å². The van der Waals surface area contributed by atoms with Crippen molar-refractivity contribution in [1.82, 2.24) is 0 Å². The second-order valence-electron chi connectivity index (χ2n) is 9.55. The minimum Gasteiger partial charge on any atom is -0.494 e. The van der Waals surface area contributed by atoms with Crippen molar-refractivity contribution in [1.29, 1.82) is 5.26 Å². The number of benzene rings is 3. The van der Waals surface area contributed by atoms with Gasteiger partial charge in [-0.25, -0.2) is 0 Å². The van der Waals surface area contributed by atoms with Gasteiger partial charge in [-0.2, -0.15) is 5.26 Å². The molecule has 2 unspecified atom stereocenters. The zero-order valence-corrected chi connectivity index (χ0v) is 23.1. The van der Waals surface area contributed by atoms with Crippen molar-refractivity contribution in [2.45, 2.75) is 58.0 Å². The summed E-state index contributed by atoms with van der Waals surface area (Å²) in [4.78, 5) is 2.33. The Labute approximate surface area is 231 Å². The summed E-state index contributed by atoms with van der Waals surface area (Å²) >= 11 is 5.76. The lowest BCUT2D eigenvalue weighted by molar-refractivity contribution is 0.309. The van der Waals surface area contributed by atoms with Crippen molar-refractivity contribution < 1.29 is 14.2 Å². The topological polar surface area (TPSA) is 54.7 Å². The Morgan fingerprint density at radius 1 is 0.789 bits per heavy atom. The maximum Gasteiger partial charge on any atom is 0.119 e. The van der Waals surface area contributed by atoms with Gasteiger partial charge in [-0.15, -0.1) is 11.6 Å². The Morgan fingerprint density at radius 2 is 1.37 bits per heavy atom. The molecule has 0 bridgehead atoms. The molecule has 5 nitrogen and oxygen atoms in total. The monoisotopic (exact) mass is 532 g/mol. The molecule has 3 aromatic rings. The molecule has 0 fully saturated rings. The predicted octanol–water partition coefficient (Wildman–Crippen LogP) is 8.03. The van der Waals surface area contributed by atoms with E-state index in [9.17, 15) is 5.26 Å². The molecule has 0 saturated carbocycles. The fourth-order valence-electron chi connectivity index (χ4n) is 4.80. The number of rotatable bonds is 14. The Morgan fingerprint density at radius 3 is 1.97 bits per heavy atom. The molecule has 0 N–H and O–H groups in total. The van der Waals surface area contributed by atoms with E-state index in [2.05, 4.69) is 61.2 Å². The van der Waals surface area contributed by atoms with Gasteiger partial charge in [0.05, 0.1) is 37.1 Å². The van der Waals surface area contributed by atoms with Crippen molar-refractivity contribution in [3.05, 3.63) is 83.4 Å². The van der Waals surface area contributed by atoms with Crippen molar-refractivity contribution in [2.24, 2.45) is 0 Å². The van der Waals surface area contributed by atoms with Crippen molar-refractivity contribution >= 4 is 17.3 Å². The third-order valence-electron chi connectivity index (χ3n) is 6.81. The number of halogens is 1. The van der Waals surface area contributed by atoms with Crippen LogP contribution in [0.2, 0.25) is 0 Å². The van der Waals surface area contributed by atoms with Crippen LogP contribution in [0.1, 0.15) is 68.2 Å². The van der Waals surface area contributed by atoms with Crippen LogP contribution < -0.4 is 19.1 Å². The van der Waals surface area contributed by atoms with Crippen LogP contribution in [-0.4, -0.2) is 25.7 Å². The van der Waals surface area contributed by atoms with Crippen molar-refractivity contribution in [2.75, 3.05) is 30.6 Å². The molecule has 200 valence electrons. The predicted molar refractivity (Wildman–Crippen MR) is 154 cm³/mol. The molecule has 0 saturated heterocycles. The number of alkyl halides is 1. The SMILES string of the molecule is CCCCOc1ccc(C2C(C#N)c3cc(OCCCC)ccc3N2Cc2ccc(OCCCl)cc2)cc1. The summed E-state index contributed by atoms with van der Waals surface area (Å²) in [5.74, 6) is 2.61. The molecule has 0 amide bonds. The second-order valence-corrected chi connectivity index (χ2v) is 9.93. The summed E-state index contributed by atoms with van der Waals surface area (Å²) in [7, 11) is 0. The van der Waals surface area contributed by atoms with E-state index in [1.807, 2.05) is 30.3 Å². The lowest BCUT2D eigenvalue weighted by atomic mass is 9.91. The maximum absolute atomic E-state index is 10.4. The molecule has 1 aliphatic heterocycles. The van der Waals surface area contributed by atoms with E-state index in [1.54, 1.807) is 0 Å². The van der Waals surface area contributed by atoms with Crippen LogP contribution in [0.15, 0.2) is 66.7 Å². The molecular formula is C32H37ClN2O3. The standard InChI is InChI=1S/C32H37ClN2O3/c1-3-5-18-36-27-13-9-25(10-14-27)32-30(22-34)29-21-28(37-19-6-4-2)15-16-31(29)35(32)23-24-7-11-26(12-8-24)38-20-17-33/h7-16,21,30,32H,3-6,17-20,23H2,1-2H3. The Kier molecular flexibility index (Phi) is 10.2. The highest BCUT2D eigenvalue weighted by molar-refractivity contribution is 6.18. The number of ether oxygens (including phenoxy) is 3. The van der Waals surface area contributed by atoms with Crippen molar-refractivity contribution in [3.63, 3.8) is 0 Å². The van der Waals surface area contributed by atoms with Gasteiger partial charge >= 0.3 is 0 Å². The van der Waals surface area contributed by atoms with Gasteiger partial charge in [-0.05, 0) is 72.0 Å². The number of anilines is 1. The average Bonchev–Trinajstić information content (AvgIpc) is 3.25. The van der Waals surface area contributed by atoms with Gasteiger partial charge in [0.15, 0.2) is 0 Å². The van der Waals surface area contributed by atoms with Gasteiger partial charge in [0.25, 0.3) is 0 Å². The molecule has 0 aliphatic carbocycles. The van der Waals surface area contributed by atoms with Crippen LogP contribution in [0.3, 0.4) is 0 Å². The lowest BCUT2D eigenvalue weighted by Crippen LogP contribution is -2.26. The molecule has 1 aliphatic rings. The van der Waals surface area contributed by atoms with Gasteiger partial charge in [-0.1, -0.05) is 51.0 Å². The smallest absolute Gasteiger partial charge is 0.119 e. The van der Waals surface area contributed by atoms with Gasteiger partial charge < -0.3 is 19.1 Å². The normalized spacial score (nSPS) is 16.1. The molecule has 0 aromatic heterocycles. The molecule has 4 rings (SSSR count). The van der Waals surface area contributed by atoms with Crippen LogP contribution >= 0.6 is 11.6 Å². The summed E-state index contributed by atoms with van der Waals surface area (Å²) in [6.45, 7) is 6.84. The Balaban J connectivity index is 1.64. The average molecular weight is 533 g/mol. The summed E-state index contributed by atoms with van der Waals surface area (Å²) in [5.41, 5.74) is 4.30. The number of nitriles is 1. The number of fused-ring (bicyclic) bond motifs is 1. The van der Waals surface area contributed by atoms with Crippen LogP contribution in [0.5, 0.6) is 17.2 Å². The summed E-state index contributed by atoms with van der Waals surface area (Å²) in [6, 6.07) is 25.0. The van der Waals surface area contributed by atoms with Crippen molar-refractivity contribution in [3.8, 4) is 23.3 Å². The molecule has 0 spiro atoms. The molecular weight excluding hydrogens is 496 g/mol. The van der Waals surface area contributed by atoms with E-state index in [-0.39, 0.29) is 12.0 Å². The van der Waals surface area contributed by atoms with Crippen LogP contribution in [0.4, 0.5) is 5.69 Å². The van der Waals surface area contributed by atoms with E-state index in [0.29, 0.717) is 32.2 Å². The van der Waals surface area contributed by atoms with Gasteiger partial charge in [-0.3, -0.25) is 0 Å². The molecule has 6 heteroatoms. The molecule has 38 heavy (non-hydrogen) atoms. The quantitative estimate of drug-likeness (QED) is 0.155. The largest absolute Gasteiger partial charge is 0.494 e. The van der Waals surface area contributed by atoms with Gasteiger partial charge in [0.2, 0.25) is 0 Å². The van der Waals surface area contributed by atoms with Crippen LogP contribution in [0.25, 0.3) is 0 Å². The Bertz CT molecular complexity index is 1190. The summed E-state index contributed by atoms with van der Waals surface area (Å²) in [6.07, 6.45) is 4.21. The summed E-state index contributed by atoms with van der Waals surface area (Å²) < 4.78 is 17.5. The lowest BCUT2D eigenvalue weighted by Gasteiger charge is -2.29. The fourth-order valence-corrected chi connectivity index (χ4v) is 4.88. The van der Waals surface area contributed by atoms with Crippen LogP contribution in [-0.2, 0) is 6.54 Å². The van der Waals surface area contributed by atoms with Gasteiger partial charge in [0, 0.05) is 12.2 Å². The molecule has 0 radical (unpaired) electrons. The minimum absolute atomic E-state index is 0.127. The number of unbranched alkanes of at least 4 members (excludes halogenated alkanes) is 2. The Hall–Kier alpha value is -3.36. The first-order valence-corrected chi connectivity index (χ1v) is 14.1. The highest BCUT2D eigenvalue weighted by Crippen LogP contribution is 2.50. The van der Waals surface area contributed by atoms with Crippen LogP contribution in [0, 0.1) is 11.3 Å². The highest BCUT2D eigenvalue weighted by Gasteiger charge is 2.40. The van der Waals surface area contributed by atoms with E-state index in [0.717, 1.165) is 65.3 Å². The number of hydrogen-bond donors (Lipinski definition) is 0. The van der Waals surface area contributed by atoms with E-state index < -0.39 is 0 Å². The second kappa shape index (κ2) is 14.0. The maximum atomic E-state index is 10.4. The molecule has 3 aromatic carbocycles. The minimum atomic E-state index is -0.321. The van der Waals surface area contributed by atoms with E-state index in [1.165, 1.54) is 0 Å².